The maximum Gasteiger partial charge on any atom is 0.255 e. The molecule has 3 aromatic carbocycles. The molecule has 3 rings (SSSR count). The van der Waals surface area contributed by atoms with Crippen molar-refractivity contribution in [2.24, 2.45) is 0 Å². The number of carbonyl (C=O) groups is 2. The highest BCUT2D eigenvalue weighted by Gasteiger charge is 2.12. The van der Waals surface area contributed by atoms with E-state index in [1.165, 1.54) is 26.0 Å². The molecule has 0 spiro atoms. The van der Waals surface area contributed by atoms with E-state index in [1.807, 2.05) is 6.07 Å². The van der Waals surface area contributed by atoms with Crippen LogP contribution in [0.2, 0.25) is 10.0 Å². The molecule has 0 heterocycles. The van der Waals surface area contributed by atoms with Crippen LogP contribution >= 0.6 is 35.0 Å². The Bertz CT molecular complexity index is 1140. The number of rotatable bonds is 8. The summed E-state index contributed by atoms with van der Waals surface area (Å²) in [6, 6.07) is 17.0. The van der Waals surface area contributed by atoms with Crippen molar-refractivity contribution in [3.63, 3.8) is 0 Å². The van der Waals surface area contributed by atoms with Crippen LogP contribution in [0.5, 0.6) is 11.5 Å². The first kappa shape index (κ1) is 23.8. The molecule has 0 atom stereocenters. The van der Waals surface area contributed by atoms with E-state index in [0.29, 0.717) is 38.5 Å². The molecule has 2 amide bonds. The van der Waals surface area contributed by atoms with Gasteiger partial charge >= 0.3 is 0 Å². The number of hydrogen-bond acceptors (Lipinski definition) is 5. The Balaban J connectivity index is 1.60. The van der Waals surface area contributed by atoms with Crippen LogP contribution in [0.1, 0.15) is 10.4 Å². The lowest BCUT2D eigenvalue weighted by Crippen LogP contribution is -2.14. The number of amides is 2. The normalized spacial score (nSPS) is 10.4. The molecule has 2 N–H and O–H groups in total. The lowest BCUT2D eigenvalue weighted by Gasteiger charge is -2.11. The zero-order valence-electron chi connectivity index (χ0n) is 17.3. The van der Waals surface area contributed by atoms with Crippen LogP contribution in [0.25, 0.3) is 0 Å². The minimum absolute atomic E-state index is 0.173. The summed E-state index contributed by atoms with van der Waals surface area (Å²) in [4.78, 5) is 25.7. The monoisotopic (exact) mass is 490 g/mol. The Hall–Kier alpha value is -2.87. The number of thioether (sulfide) groups is 1. The van der Waals surface area contributed by atoms with Gasteiger partial charge in [-0.05, 0) is 54.6 Å². The van der Waals surface area contributed by atoms with Gasteiger partial charge in [0.25, 0.3) is 5.91 Å². The summed E-state index contributed by atoms with van der Waals surface area (Å²) in [6.45, 7) is 0. The van der Waals surface area contributed by atoms with Crippen molar-refractivity contribution in [1.29, 1.82) is 0 Å². The van der Waals surface area contributed by atoms with E-state index < -0.39 is 0 Å². The van der Waals surface area contributed by atoms with Crippen LogP contribution in [-0.4, -0.2) is 31.8 Å². The first-order valence-corrected chi connectivity index (χ1v) is 11.1. The van der Waals surface area contributed by atoms with Crippen molar-refractivity contribution in [2.75, 3.05) is 30.6 Å². The Morgan fingerprint density at radius 3 is 2.41 bits per heavy atom. The molecule has 6 nitrogen and oxygen atoms in total. The number of carbonyl (C=O) groups excluding carboxylic acids is 2. The van der Waals surface area contributed by atoms with E-state index in [4.69, 9.17) is 32.7 Å². The van der Waals surface area contributed by atoms with Crippen LogP contribution in [0.15, 0.2) is 65.6 Å². The van der Waals surface area contributed by atoms with Gasteiger partial charge in [-0.2, -0.15) is 0 Å². The summed E-state index contributed by atoms with van der Waals surface area (Å²) in [5.41, 5.74) is 1.54. The number of methoxy groups -OCH3 is 2. The number of nitrogens with one attached hydrogen (secondary N) is 2. The van der Waals surface area contributed by atoms with E-state index in [1.54, 1.807) is 54.6 Å². The summed E-state index contributed by atoms with van der Waals surface area (Å²) in [6.07, 6.45) is 0. The molecule has 166 valence electrons. The zero-order chi connectivity index (χ0) is 23.1. The van der Waals surface area contributed by atoms with Crippen LogP contribution in [-0.2, 0) is 4.79 Å². The standard InChI is InChI=1S/C23H20Cl2N2O4S/c1-30-20-9-6-14(10-21(20)31-2)23(29)26-16-4-3-5-17(12-16)32-13-22(28)27-19-8-7-15(24)11-18(19)25/h3-12H,13H2,1-2H3,(H,26,29)(H,27,28). The quantitative estimate of drug-likeness (QED) is 0.379. The van der Waals surface area contributed by atoms with Crippen molar-refractivity contribution >= 4 is 58.2 Å². The molecule has 0 aliphatic carbocycles. The van der Waals surface area contributed by atoms with Crippen LogP contribution in [0, 0.1) is 0 Å². The van der Waals surface area contributed by atoms with E-state index in [0.717, 1.165) is 4.90 Å². The van der Waals surface area contributed by atoms with Gasteiger partial charge < -0.3 is 20.1 Å². The third-order valence-electron chi connectivity index (χ3n) is 4.31. The molecule has 0 fully saturated rings. The first-order chi connectivity index (χ1) is 15.4. The van der Waals surface area contributed by atoms with Crippen LogP contribution < -0.4 is 20.1 Å². The molecule has 0 bridgehead atoms. The topological polar surface area (TPSA) is 76.7 Å². The van der Waals surface area contributed by atoms with Crippen molar-refractivity contribution in [2.45, 2.75) is 4.90 Å². The highest BCUT2D eigenvalue weighted by atomic mass is 35.5. The molecule has 32 heavy (non-hydrogen) atoms. The lowest BCUT2D eigenvalue weighted by molar-refractivity contribution is -0.113. The average molecular weight is 491 g/mol. The third-order valence-corrected chi connectivity index (χ3v) is 5.85. The van der Waals surface area contributed by atoms with Crippen molar-refractivity contribution < 1.29 is 19.1 Å². The summed E-state index contributed by atoms with van der Waals surface area (Å²) in [5.74, 6) is 0.686. The second-order valence-corrected chi connectivity index (χ2v) is 8.41. The van der Waals surface area contributed by atoms with Crippen LogP contribution in [0.4, 0.5) is 11.4 Å². The molecule has 0 aliphatic rings. The van der Waals surface area contributed by atoms with E-state index >= 15 is 0 Å². The molecule has 0 unspecified atom stereocenters. The maximum atomic E-state index is 12.6. The highest BCUT2D eigenvalue weighted by molar-refractivity contribution is 8.00. The van der Waals surface area contributed by atoms with Gasteiger partial charge in [0.15, 0.2) is 11.5 Å². The number of hydrogen-bond donors (Lipinski definition) is 2. The predicted octanol–water partition coefficient (Wildman–Crippen LogP) is 5.99. The summed E-state index contributed by atoms with van der Waals surface area (Å²) < 4.78 is 10.4. The number of ether oxygens (including phenoxy) is 2. The van der Waals surface area contributed by atoms with Crippen molar-refractivity contribution in [3.8, 4) is 11.5 Å². The molecular formula is C23H20Cl2N2O4S. The fraction of sp³-hybridized carbons (Fsp3) is 0.130. The number of anilines is 2. The molecule has 0 aliphatic heterocycles. The Labute approximate surface area is 200 Å². The smallest absolute Gasteiger partial charge is 0.255 e. The Morgan fingerprint density at radius 1 is 0.906 bits per heavy atom. The largest absolute Gasteiger partial charge is 0.493 e. The van der Waals surface area contributed by atoms with Crippen molar-refractivity contribution in [3.05, 3.63) is 76.3 Å². The predicted molar refractivity (Wildman–Crippen MR) is 130 cm³/mol. The zero-order valence-corrected chi connectivity index (χ0v) is 19.6. The summed E-state index contributed by atoms with van der Waals surface area (Å²) in [7, 11) is 3.04. The van der Waals surface area contributed by atoms with Gasteiger partial charge in [-0.25, -0.2) is 0 Å². The Morgan fingerprint density at radius 2 is 1.69 bits per heavy atom. The molecule has 3 aromatic rings. The number of halogens is 2. The highest BCUT2D eigenvalue weighted by Crippen LogP contribution is 2.29. The molecule has 0 saturated heterocycles. The minimum Gasteiger partial charge on any atom is -0.493 e. The fourth-order valence-corrected chi connectivity index (χ4v) is 3.98. The van der Waals surface area contributed by atoms with Gasteiger partial charge in [0.1, 0.15) is 0 Å². The van der Waals surface area contributed by atoms with Gasteiger partial charge in [-0.1, -0.05) is 29.3 Å². The Kier molecular flexibility index (Phi) is 8.27. The van der Waals surface area contributed by atoms with E-state index in [9.17, 15) is 9.59 Å². The third kappa shape index (κ3) is 6.32. The van der Waals surface area contributed by atoms with Crippen LogP contribution in [0.3, 0.4) is 0 Å². The lowest BCUT2D eigenvalue weighted by atomic mass is 10.2. The summed E-state index contributed by atoms with van der Waals surface area (Å²) in [5, 5.41) is 6.47. The van der Waals surface area contributed by atoms with Gasteiger partial charge in [0.2, 0.25) is 5.91 Å². The number of benzene rings is 3. The SMILES string of the molecule is COc1ccc(C(=O)Nc2cccc(SCC(=O)Nc3ccc(Cl)cc3Cl)c2)cc1OC. The average Bonchev–Trinajstić information content (AvgIpc) is 2.79. The van der Waals surface area contributed by atoms with Gasteiger partial charge in [0, 0.05) is 21.2 Å². The molecule has 0 saturated carbocycles. The van der Waals surface area contributed by atoms with Crippen molar-refractivity contribution in [1.82, 2.24) is 0 Å². The molecular weight excluding hydrogens is 471 g/mol. The van der Waals surface area contributed by atoms with Gasteiger partial charge in [-0.15, -0.1) is 11.8 Å². The van der Waals surface area contributed by atoms with E-state index in [-0.39, 0.29) is 17.6 Å². The summed E-state index contributed by atoms with van der Waals surface area (Å²) >= 11 is 13.3. The van der Waals surface area contributed by atoms with Gasteiger partial charge in [0.05, 0.1) is 30.7 Å². The van der Waals surface area contributed by atoms with Gasteiger partial charge in [-0.3, -0.25) is 9.59 Å². The molecule has 0 aromatic heterocycles. The second kappa shape index (κ2) is 11.1. The fourth-order valence-electron chi connectivity index (χ4n) is 2.77. The first-order valence-electron chi connectivity index (χ1n) is 9.40. The minimum atomic E-state index is -0.289. The second-order valence-electron chi connectivity index (χ2n) is 6.51. The molecule has 9 heteroatoms. The molecule has 0 radical (unpaired) electrons. The maximum absolute atomic E-state index is 12.6. The van der Waals surface area contributed by atoms with E-state index in [2.05, 4.69) is 10.6 Å².